The van der Waals surface area contributed by atoms with Gasteiger partial charge in [0.05, 0.1) is 18.7 Å². The van der Waals surface area contributed by atoms with Crippen molar-refractivity contribution in [2.45, 2.75) is 32.4 Å². The highest BCUT2D eigenvalue weighted by atomic mass is 19.4. The lowest BCUT2D eigenvalue weighted by Crippen LogP contribution is -2.24. The molecule has 0 aliphatic rings. The van der Waals surface area contributed by atoms with Gasteiger partial charge in [-0.25, -0.2) is 0 Å². The van der Waals surface area contributed by atoms with E-state index in [-0.39, 0.29) is 18.5 Å². The van der Waals surface area contributed by atoms with E-state index < -0.39 is 48.3 Å². The molecule has 0 saturated heterocycles. The summed E-state index contributed by atoms with van der Waals surface area (Å²) in [5.41, 5.74) is 2.45. The molecule has 0 atom stereocenters. The van der Waals surface area contributed by atoms with Crippen LogP contribution in [0.1, 0.15) is 23.7 Å². The molecule has 2 N–H and O–H groups in total. The molecule has 0 amide bonds. The maximum atomic E-state index is 12.8. The molecule has 0 saturated carbocycles. The maximum absolute atomic E-state index is 12.8. The molecule has 1 aromatic heterocycles. The second kappa shape index (κ2) is 7.02. The molecule has 0 aromatic carbocycles. The Kier molecular flexibility index (Phi) is 5.81. The van der Waals surface area contributed by atoms with Crippen molar-refractivity contribution in [2.75, 3.05) is 6.61 Å². The molecule has 5 nitrogen and oxygen atoms in total. The van der Waals surface area contributed by atoms with Crippen LogP contribution in [0.2, 0.25) is 0 Å². The third-order valence-electron chi connectivity index (χ3n) is 2.56. The van der Waals surface area contributed by atoms with Crippen LogP contribution in [0.5, 0.6) is 5.75 Å². The van der Waals surface area contributed by atoms with Gasteiger partial charge < -0.3 is 15.2 Å². The number of esters is 1. The van der Waals surface area contributed by atoms with Crippen molar-refractivity contribution < 1.29 is 40.6 Å². The molecule has 130 valence electrons. The molecular formula is C12H12F6N2O3. The average molecular weight is 346 g/mol. The Morgan fingerprint density at radius 3 is 2.30 bits per heavy atom. The second-order valence-electron chi connectivity index (χ2n) is 4.16. The summed E-state index contributed by atoms with van der Waals surface area (Å²) in [6, 6.07) is 0. The maximum Gasteiger partial charge on any atom is 0.573 e. The lowest BCUT2D eigenvalue weighted by molar-refractivity contribution is -0.276. The number of pyridine rings is 1. The number of aromatic nitrogens is 1. The Bertz CT molecular complexity index is 571. The molecule has 0 bridgehead atoms. The minimum atomic E-state index is -5.37. The van der Waals surface area contributed by atoms with E-state index in [2.05, 4.69) is 14.5 Å². The summed E-state index contributed by atoms with van der Waals surface area (Å²) < 4.78 is 83.8. The Labute approximate surface area is 126 Å². The van der Waals surface area contributed by atoms with Crippen LogP contribution >= 0.6 is 0 Å². The van der Waals surface area contributed by atoms with Gasteiger partial charge in [0.25, 0.3) is 0 Å². The SMILES string of the molecule is CCOC(=O)Cc1ncc(C(F)(F)F)c(OC(F)(F)F)c1CN. The van der Waals surface area contributed by atoms with Gasteiger partial charge in [0.15, 0.2) is 0 Å². The molecule has 0 aliphatic carbocycles. The summed E-state index contributed by atoms with van der Waals surface area (Å²) in [6.45, 7) is 0.737. The average Bonchev–Trinajstić information content (AvgIpc) is 2.35. The smallest absolute Gasteiger partial charge is 0.466 e. The van der Waals surface area contributed by atoms with Crippen LogP contribution in [0.25, 0.3) is 0 Å². The summed E-state index contributed by atoms with van der Waals surface area (Å²) >= 11 is 0. The van der Waals surface area contributed by atoms with Gasteiger partial charge in [0.1, 0.15) is 11.3 Å². The Morgan fingerprint density at radius 2 is 1.87 bits per heavy atom. The zero-order chi connectivity index (χ0) is 17.8. The predicted molar refractivity (Wildman–Crippen MR) is 64.2 cm³/mol. The number of rotatable bonds is 5. The number of carbonyl (C=O) groups excluding carboxylic acids is 1. The summed E-state index contributed by atoms with van der Waals surface area (Å²) in [7, 11) is 0. The number of carbonyl (C=O) groups is 1. The number of halogens is 6. The Hall–Kier alpha value is -2.04. The number of nitrogens with two attached hydrogens (primary N) is 1. The number of alkyl halides is 6. The second-order valence-corrected chi connectivity index (χ2v) is 4.16. The van der Waals surface area contributed by atoms with Gasteiger partial charge in [0.2, 0.25) is 0 Å². The first-order valence-corrected chi connectivity index (χ1v) is 6.19. The van der Waals surface area contributed by atoms with Gasteiger partial charge in [0, 0.05) is 18.3 Å². The highest BCUT2D eigenvalue weighted by molar-refractivity contribution is 5.73. The van der Waals surface area contributed by atoms with Crippen molar-refractivity contribution in [3.63, 3.8) is 0 Å². The molecular weight excluding hydrogens is 334 g/mol. The zero-order valence-corrected chi connectivity index (χ0v) is 11.7. The van der Waals surface area contributed by atoms with E-state index in [0.717, 1.165) is 0 Å². The van der Waals surface area contributed by atoms with E-state index in [9.17, 15) is 31.1 Å². The van der Waals surface area contributed by atoms with Crippen LogP contribution in [0.3, 0.4) is 0 Å². The highest BCUT2D eigenvalue weighted by Crippen LogP contribution is 2.40. The number of nitrogens with zero attached hydrogens (tertiary/aromatic N) is 1. The minimum Gasteiger partial charge on any atom is -0.466 e. The summed E-state index contributed by atoms with van der Waals surface area (Å²) in [5.74, 6) is -2.38. The van der Waals surface area contributed by atoms with Gasteiger partial charge >= 0.3 is 18.5 Å². The molecule has 11 heteroatoms. The highest BCUT2D eigenvalue weighted by Gasteiger charge is 2.41. The topological polar surface area (TPSA) is 74.4 Å². The fourth-order valence-corrected chi connectivity index (χ4v) is 1.72. The number of hydrogen-bond acceptors (Lipinski definition) is 5. The van der Waals surface area contributed by atoms with Crippen LogP contribution < -0.4 is 10.5 Å². The molecule has 0 aliphatic heterocycles. The Balaban J connectivity index is 3.41. The van der Waals surface area contributed by atoms with Crippen molar-refractivity contribution >= 4 is 5.97 Å². The monoisotopic (exact) mass is 346 g/mol. The molecule has 1 rings (SSSR count). The van der Waals surface area contributed by atoms with Crippen LogP contribution in [-0.4, -0.2) is 23.9 Å². The summed E-state index contributed by atoms with van der Waals surface area (Å²) in [4.78, 5) is 14.8. The predicted octanol–water partition coefficient (Wildman–Crippen LogP) is 2.56. The van der Waals surface area contributed by atoms with E-state index in [1.165, 1.54) is 6.92 Å². The third-order valence-corrected chi connectivity index (χ3v) is 2.56. The van der Waals surface area contributed by atoms with E-state index >= 15 is 0 Å². The number of ether oxygens (including phenoxy) is 2. The van der Waals surface area contributed by atoms with Crippen LogP contribution in [-0.2, 0) is 28.7 Å². The summed E-state index contributed by atoms with van der Waals surface area (Å²) in [5, 5.41) is 0. The van der Waals surface area contributed by atoms with E-state index in [0.29, 0.717) is 0 Å². The molecule has 0 unspecified atom stereocenters. The molecule has 0 radical (unpaired) electrons. The van der Waals surface area contributed by atoms with E-state index in [1.807, 2.05) is 0 Å². The molecule has 1 aromatic rings. The van der Waals surface area contributed by atoms with Crippen LogP contribution in [0, 0.1) is 0 Å². The van der Waals surface area contributed by atoms with Crippen molar-refractivity contribution in [2.24, 2.45) is 5.73 Å². The van der Waals surface area contributed by atoms with Crippen molar-refractivity contribution in [1.29, 1.82) is 0 Å². The third kappa shape index (κ3) is 5.27. The van der Waals surface area contributed by atoms with Gasteiger partial charge in [-0.05, 0) is 6.92 Å². The van der Waals surface area contributed by atoms with E-state index in [4.69, 9.17) is 5.73 Å². The Morgan fingerprint density at radius 1 is 1.26 bits per heavy atom. The van der Waals surface area contributed by atoms with Crippen LogP contribution in [0.4, 0.5) is 26.3 Å². The normalized spacial score (nSPS) is 12.2. The quantitative estimate of drug-likeness (QED) is 0.655. The van der Waals surface area contributed by atoms with Crippen molar-refractivity contribution in [1.82, 2.24) is 4.98 Å². The largest absolute Gasteiger partial charge is 0.573 e. The van der Waals surface area contributed by atoms with Gasteiger partial charge in [-0.3, -0.25) is 9.78 Å². The van der Waals surface area contributed by atoms with Crippen molar-refractivity contribution in [3.05, 3.63) is 23.0 Å². The zero-order valence-electron chi connectivity index (χ0n) is 11.7. The number of hydrogen-bond donors (Lipinski definition) is 1. The molecule has 1 heterocycles. The fraction of sp³-hybridized carbons (Fsp3) is 0.500. The van der Waals surface area contributed by atoms with Crippen molar-refractivity contribution in [3.8, 4) is 5.75 Å². The first-order chi connectivity index (χ1) is 10.5. The van der Waals surface area contributed by atoms with Gasteiger partial charge in [-0.1, -0.05) is 0 Å². The lowest BCUT2D eigenvalue weighted by atomic mass is 10.1. The minimum absolute atomic E-state index is 0.0106. The first kappa shape index (κ1) is 19.0. The first-order valence-electron chi connectivity index (χ1n) is 6.19. The molecule has 0 spiro atoms. The lowest BCUT2D eigenvalue weighted by Gasteiger charge is -2.19. The fourth-order valence-electron chi connectivity index (χ4n) is 1.72. The molecule has 23 heavy (non-hydrogen) atoms. The van der Waals surface area contributed by atoms with Gasteiger partial charge in [-0.15, -0.1) is 13.2 Å². The molecule has 0 fully saturated rings. The standard InChI is InChI=1S/C12H12F6N2O3/c1-2-22-9(21)3-8-6(4-19)10(23-12(16,17)18)7(5-20-8)11(13,14)15/h5H,2-4,19H2,1H3. The van der Waals surface area contributed by atoms with E-state index in [1.54, 1.807) is 0 Å². The van der Waals surface area contributed by atoms with Gasteiger partial charge in [-0.2, -0.15) is 13.2 Å². The summed E-state index contributed by atoms with van der Waals surface area (Å²) in [6.07, 6.45) is -11.0. The van der Waals surface area contributed by atoms with Crippen LogP contribution in [0.15, 0.2) is 6.20 Å².